The topological polar surface area (TPSA) is 103 Å². The van der Waals surface area contributed by atoms with Crippen LogP contribution in [-0.2, 0) is 7.05 Å². The molecule has 0 radical (unpaired) electrons. The molecule has 0 aliphatic rings. The fourth-order valence-electron chi connectivity index (χ4n) is 2.00. The summed E-state index contributed by atoms with van der Waals surface area (Å²) in [6.45, 7) is 0. The molecule has 7 heteroatoms. The van der Waals surface area contributed by atoms with E-state index < -0.39 is 0 Å². The summed E-state index contributed by atoms with van der Waals surface area (Å²) in [4.78, 5) is 7.27. The van der Waals surface area contributed by atoms with Crippen molar-refractivity contribution in [3.05, 3.63) is 36.4 Å². The molecule has 0 aromatic carbocycles. The molecule has 0 amide bonds. The summed E-state index contributed by atoms with van der Waals surface area (Å²) in [7, 11) is 1.85. The van der Waals surface area contributed by atoms with E-state index in [-0.39, 0.29) is 5.84 Å². The molecule has 3 aromatic heterocycles. The smallest absolute Gasteiger partial charge is 0.151 e. The lowest BCUT2D eigenvalue weighted by Crippen LogP contribution is -2.18. The molecule has 0 saturated carbocycles. The number of hydroxylamine groups is 1. The first-order valence-corrected chi connectivity index (χ1v) is 5.64. The Labute approximate surface area is 108 Å². The molecule has 0 unspecified atom stereocenters. The third-order valence-electron chi connectivity index (χ3n) is 2.95. The fraction of sp³-hybridized carbons (Fsp3) is 0.0833. The molecule has 96 valence electrons. The van der Waals surface area contributed by atoms with E-state index in [0.717, 1.165) is 16.5 Å². The van der Waals surface area contributed by atoms with Gasteiger partial charge in [-0.2, -0.15) is 5.10 Å². The molecular weight excluding hydrogens is 244 g/mol. The predicted molar refractivity (Wildman–Crippen MR) is 70.0 cm³/mol. The number of rotatable bonds is 2. The van der Waals surface area contributed by atoms with Gasteiger partial charge < -0.3 is 4.98 Å². The van der Waals surface area contributed by atoms with E-state index in [1.807, 2.05) is 24.8 Å². The Bertz CT molecular complexity index is 757. The SMILES string of the molecule is Cn1cc(-c2cnc3[nH]cc(C(=N)NO)c3c2)cn1. The Balaban J connectivity index is 2.16. The van der Waals surface area contributed by atoms with Crippen molar-refractivity contribution in [1.82, 2.24) is 25.2 Å². The van der Waals surface area contributed by atoms with Crippen LogP contribution in [0, 0.1) is 5.41 Å². The summed E-state index contributed by atoms with van der Waals surface area (Å²) in [6.07, 6.45) is 7.03. The highest BCUT2D eigenvalue weighted by Crippen LogP contribution is 2.24. The maximum atomic E-state index is 8.83. The lowest BCUT2D eigenvalue weighted by Gasteiger charge is -2.01. The normalized spacial score (nSPS) is 10.8. The van der Waals surface area contributed by atoms with Gasteiger partial charge >= 0.3 is 0 Å². The van der Waals surface area contributed by atoms with Crippen LogP contribution < -0.4 is 5.48 Å². The van der Waals surface area contributed by atoms with Gasteiger partial charge in [0, 0.05) is 47.7 Å². The first kappa shape index (κ1) is 11.4. The van der Waals surface area contributed by atoms with Crippen molar-refractivity contribution in [2.45, 2.75) is 0 Å². The van der Waals surface area contributed by atoms with Crippen LogP contribution in [0.4, 0.5) is 0 Å². The highest BCUT2D eigenvalue weighted by Gasteiger charge is 2.11. The molecule has 19 heavy (non-hydrogen) atoms. The highest BCUT2D eigenvalue weighted by molar-refractivity contribution is 6.07. The molecule has 0 spiro atoms. The molecular formula is C12H12N6O. The molecule has 0 atom stereocenters. The minimum Gasteiger partial charge on any atom is -0.345 e. The zero-order valence-electron chi connectivity index (χ0n) is 10.2. The standard InChI is InChI=1S/C12H12N6O/c1-18-6-8(4-16-18)7-2-9-10(11(13)17-19)5-15-12(9)14-3-7/h2-6,19H,1H3,(H2,13,17)(H,14,15). The van der Waals surface area contributed by atoms with E-state index in [4.69, 9.17) is 10.6 Å². The summed E-state index contributed by atoms with van der Waals surface area (Å²) < 4.78 is 1.72. The Kier molecular flexibility index (Phi) is 2.53. The van der Waals surface area contributed by atoms with Crippen LogP contribution >= 0.6 is 0 Å². The van der Waals surface area contributed by atoms with Crippen LogP contribution in [0.2, 0.25) is 0 Å². The van der Waals surface area contributed by atoms with E-state index in [2.05, 4.69) is 15.1 Å². The average Bonchev–Trinajstić information content (AvgIpc) is 3.03. The van der Waals surface area contributed by atoms with Gasteiger partial charge in [-0.3, -0.25) is 20.8 Å². The van der Waals surface area contributed by atoms with Crippen molar-refractivity contribution in [3.63, 3.8) is 0 Å². The van der Waals surface area contributed by atoms with Crippen molar-refractivity contribution >= 4 is 16.9 Å². The van der Waals surface area contributed by atoms with Gasteiger partial charge in [-0.1, -0.05) is 0 Å². The molecule has 0 saturated heterocycles. The average molecular weight is 256 g/mol. The summed E-state index contributed by atoms with van der Waals surface area (Å²) in [6, 6.07) is 1.91. The molecule has 7 nitrogen and oxygen atoms in total. The minimum atomic E-state index is -0.0728. The number of H-pyrrole nitrogens is 1. The zero-order valence-corrected chi connectivity index (χ0v) is 10.2. The Morgan fingerprint density at radius 1 is 1.42 bits per heavy atom. The van der Waals surface area contributed by atoms with E-state index in [9.17, 15) is 0 Å². The number of nitrogens with zero attached hydrogens (tertiary/aromatic N) is 3. The third-order valence-corrected chi connectivity index (χ3v) is 2.95. The fourth-order valence-corrected chi connectivity index (χ4v) is 2.00. The first-order chi connectivity index (χ1) is 9.19. The number of hydrogen-bond donors (Lipinski definition) is 4. The van der Waals surface area contributed by atoms with Gasteiger partial charge in [0.2, 0.25) is 0 Å². The second-order valence-corrected chi connectivity index (χ2v) is 4.21. The number of amidine groups is 1. The van der Waals surface area contributed by atoms with E-state index >= 15 is 0 Å². The van der Waals surface area contributed by atoms with Crippen LogP contribution in [0.15, 0.2) is 30.9 Å². The molecule has 0 aliphatic carbocycles. The van der Waals surface area contributed by atoms with Gasteiger partial charge in [0.15, 0.2) is 5.84 Å². The van der Waals surface area contributed by atoms with Crippen LogP contribution in [0.25, 0.3) is 22.2 Å². The maximum absolute atomic E-state index is 8.83. The van der Waals surface area contributed by atoms with Crippen molar-refractivity contribution in [2.24, 2.45) is 7.05 Å². The van der Waals surface area contributed by atoms with E-state index in [0.29, 0.717) is 11.2 Å². The van der Waals surface area contributed by atoms with Crippen molar-refractivity contribution in [1.29, 1.82) is 5.41 Å². The monoisotopic (exact) mass is 256 g/mol. The first-order valence-electron chi connectivity index (χ1n) is 5.64. The maximum Gasteiger partial charge on any atom is 0.151 e. The summed E-state index contributed by atoms with van der Waals surface area (Å²) in [5.41, 5.74) is 4.94. The van der Waals surface area contributed by atoms with Crippen molar-refractivity contribution < 1.29 is 5.21 Å². The highest BCUT2D eigenvalue weighted by atomic mass is 16.5. The lowest BCUT2D eigenvalue weighted by molar-refractivity contribution is 0.234. The molecule has 3 heterocycles. The number of nitrogens with one attached hydrogen (secondary N) is 3. The zero-order chi connectivity index (χ0) is 13.4. The largest absolute Gasteiger partial charge is 0.345 e. The Hall–Kier alpha value is -2.67. The number of hydrogen-bond acceptors (Lipinski definition) is 4. The third kappa shape index (κ3) is 1.85. The van der Waals surface area contributed by atoms with Gasteiger partial charge in [0.25, 0.3) is 0 Å². The van der Waals surface area contributed by atoms with E-state index in [1.54, 1.807) is 23.3 Å². The lowest BCUT2D eigenvalue weighted by atomic mass is 10.1. The number of fused-ring (bicyclic) bond motifs is 1. The predicted octanol–water partition coefficient (Wildman–Crippen LogP) is 1.27. The summed E-state index contributed by atoms with van der Waals surface area (Å²) in [5, 5.41) is 21.4. The Morgan fingerprint density at radius 2 is 2.26 bits per heavy atom. The number of aromatic nitrogens is 4. The summed E-state index contributed by atoms with van der Waals surface area (Å²) in [5.74, 6) is -0.0728. The van der Waals surface area contributed by atoms with Crippen LogP contribution in [-0.4, -0.2) is 30.8 Å². The van der Waals surface area contributed by atoms with Gasteiger partial charge in [0.05, 0.1) is 6.20 Å². The number of aromatic amines is 1. The molecule has 4 N–H and O–H groups in total. The van der Waals surface area contributed by atoms with Crippen molar-refractivity contribution in [3.8, 4) is 11.1 Å². The quantitative estimate of drug-likeness (QED) is 0.315. The van der Waals surface area contributed by atoms with Gasteiger partial charge in [-0.25, -0.2) is 4.98 Å². The molecule has 3 aromatic rings. The van der Waals surface area contributed by atoms with Gasteiger partial charge in [0.1, 0.15) is 5.65 Å². The van der Waals surface area contributed by atoms with Gasteiger partial charge in [-0.15, -0.1) is 0 Å². The number of aryl methyl sites for hydroxylation is 1. The molecule has 0 bridgehead atoms. The molecule has 3 rings (SSSR count). The van der Waals surface area contributed by atoms with Crippen molar-refractivity contribution in [2.75, 3.05) is 0 Å². The molecule has 0 fully saturated rings. The second-order valence-electron chi connectivity index (χ2n) is 4.21. The van der Waals surface area contributed by atoms with Crippen LogP contribution in [0.1, 0.15) is 5.56 Å². The summed E-state index contributed by atoms with van der Waals surface area (Å²) >= 11 is 0. The van der Waals surface area contributed by atoms with E-state index in [1.165, 1.54) is 0 Å². The van der Waals surface area contributed by atoms with Crippen LogP contribution in [0.3, 0.4) is 0 Å². The minimum absolute atomic E-state index is 0.0728. The molecule has 0 aliphatic heterocycles. The second kappa shape index (κ2) is 4.21. The van der Waals surface area contributed by atoms with Gasteiger partial charge in [-0.05, 0) is 6.07 Å². The number of pyridine rings is 1. The van der Waals surface area contributed by atoms with Crippen LogP contribution in [0.5, 0.6) is 0 Å². The Morgan fingerprint density at radius 3 is 2.95 bits per heavy atom.